The number of nitrogens with two attached hydrogens (primary N) is 1. The van der Waals surface area contributed by atoms with Gasteiger partial charge in [0, 0.05) is 21.1 Å². The van der Waals surface area contributed by atoms with E-state index in [0.29, 0.717) is 0 Å². The molecule has 1 aromatic heterocycles. The van der Waals surface area contributed by atoms with Gasteiger partial charge in [-0.15, -0.1) is 0 Å². The molecule has 0 atom stereocenters. The van der Waals surface area contributed by atoms with E-state index in [1.807, 2.05) is 42.5 Å². The summed E-state index contributed by atoms with van der Waals surface area (Å²) in [7, 11) is 0. The Bertz CT molecular complexity index is 1070. The molecule has 0 fully saturated rings. The van der Waals surface area contributed by atoms with Gasteiger partial charge in [-0.1, -0.05) is 46.3 Å². The lowest BCUT2D eigenvalue weighted by Crippen LogP contribution is -1.99. The van der Waals surface area contributed by atoms with Crippen LogP contribution in [0.3, 0.4) is 0 Å². The Morgan fingerprint density at radius 2 is 1.71 bits per heavy atom. The molecule has 0 radical (unpaired) electrons. The maximum absolute atomic E-state index is 6.06. The molecule has 4 aromatic rings. The standard InChI is InChI=1S/C24H23BrN2O/c25-18-8-6-7-17(15-18)24-21(11-4-5-14-26)22-16-20(12-13-23(22)27-24)28-19-9-2-1-3-10-19/h1-3,6-10,12-13,15-16,27H,4-5,11,14,26H2. The molecular weight excluding hydrogens is 412 g/mol. The van der Waals surface area contributed by atoms with E-state index in [2.05, 4.69) is 51.2 Å². The summed E-state index contributed by atoms with van der Waals surface area (Å²) in [6, 6.07) is 24.5. The molecule has 4 rings (SSSR count). The second-order valence-electron chi connectivity index (χ2n) is 6.86. The van der Waals surface area contributed by atoms with E-state index in [-0.39, 0.29) is 0 Å². The van der Waals surface area contributed by atoms with Crippen molar-refractivity contribution < 1.29 is 4.74 Å². The fraction of sp³-hybridized carbons (Fsp3) is 0.167. The van der Waals surface area contributed by atoms with Gasteiger partial charge in [0.25, 0.3) is 0 Å². The third kappa shape index (κ3) is 4.13. The number of unbranched alkanes of at least 4 members (excludes halogenated alkanes) is 1. The van der Waals surface area contributed by atoms with E-state index < -0.39 is 0 Å². The predicted octanol–water partition coefficient (Wildman–Crippen LogP) is 6.67. The molecule has 4 heteroatoms. The number of aromatic amines is 1. The Morgan fingerprint density at radius 1 is 0.857 bits per heavy atom. The number of halogens is 1. The van der Waals surface area contributed by atoms with E-state index >= 15 is 0 Å². The van der Waals surface area contributed by atoms with E-state index in [9.17, 15) is 0 Å². The second-order valence-corrected chi connectivity index (χ2v) is 7.77. The van der Waals surface area contributed by atoms with Gasteiger partial charge in [-0.2, -0.15) is 0 Å². The first-order chi connectivity index (χ1) is 13.7. The molecule has 0 saturated heterocycles. The van der Waals surface area contributed by atoms with Crippen LogP contribution in [-0.4, -0.2) is 11.5 Å². The largest absolute Gasteiger partial charge is 0.457 e. The summed E-state index contributed by atoms with van der Waals surface area (Å²) >= 11 is 3.59. The number of para-hydroxylation sites is 1. The summed E-state index contributed by atoms with van der Waals surface area (Å²) in [5, 5.41) is 1.21. The maximum atomic E-state index is 6.06. The van der Waals surface area contributed by atoms with Gasteiger partial charge in [-0.25, -0.2) is 0 Å². The molecule has 0 unspecified atom stereocenters. The molecule has 142 valence electrons. The summed E-state index contributed by atoms with van der Waals surface area (Å²) in [4.78, 5) is 3.62. The number of hydrogen-bond donors (Lipinski definition) is 2. The summed E-state index contributed by atoms with van der Waals surface area (Å²) in [5.74, 6) is 1.69. The van der Waals surface area contributed by atoms with Gasteiger partial charge >= 0.3 is 0 Å². The zero-order valence-electron chi connectivity index (χ0n) is 15.6. The van der Waals surface area contributed by atoms with Gasteiger partial charge in [0.2, 0.25) is 0 Å². The smallest absolute Gasteiger partial charge is 0.128 e. The zero-order valence-corrected chi connectivity index (χ0v) is 17.2. The third-order valence-electron chi connectivity index (χ3n) is 4.85. The number of rotatable bonds is 7. The number of nitrogens with one attached hydrogen (secondary N) is 1. The Morgan fingerprint density at radius 3 is 2.50 bits per heavy atom. The summed E-state index contributed by atoms with van der Waals surface area (Å²) in [6.07, 6.45) is 3.06. The number of aromatic nitrogens is 1. The first-order valence-electron chi connectivity index (χ1n) is 9.58. The first kappa shape index (κ1) is 18.8. The molecule has 0 amide bonds. The zero-order chi connectivity index (χ0) is 19.3. The first-order valence-corrected chi connectivity index (χ1v) is 10.4. The van der Waals surface area contributed by atoms with Gasteiger partial charge in [0.1, 0.15) is 11.5 Å². The predicted molar refractivity (Wildman–Crippen MR) is 120 cm³/mol. The number of benzene rings is 3. The van der Waals surface area contributed by atoms with Crippen molar-refractivity contribution in [2.24, 2.45) is 5.73 Å². The lowest BCUT2D eigenvalue weighted by molar-refractivity contribution is 0.483. The highest BCUT2D eigenvalue weighted by molar-refractivity contribution is 9.10. The van der Waals surface area contributed by atoms with E-state index in [4.69, 9.17) is 10.5 Å². The Hall–Kier alpha value is -2.56. The molecule has 0 aliphatic heterocycles. The van der Waals surface area contributed by atoms with Crippen LogP contribution >= 0.6 is 15.9 Å². The van der Waals surface area contributed by atoms with Crippen molar-refractivity contribution in [3.63, 3.8) is 0 Å². The monoisotopic (exact) mass is 434 g/mol. The van der Waals surface area contributed by atoms with Gasteiger partial charge in [0.15, 0.2) is 0 Å². The van der Waals surface area contributed by atoms with Crippen LogP contribution in [0, 0.1) is 0 Å². The van der Waals surface area contributed by atoms with Crippen molar-refractivity contribution in [3.05, 3.63) is 82.8 Å². The van der Waals surface area contributed by atoms with Crippen molar-refractivity contribution in [3.8, 4) is 22.8 Å². The lowest BCUT2D eigenvalue weighted by Gasteiger charge is -2.07. The molecule has 0 bridgehead atoms. The number of ether oxygens (including phenoxy) is 1. The molecule has 3 nitrogen and oxygen atoms in total. The van der Waals surface area contributed by atoms with Crippen LogP contribution in [-0.2, 0) is 6.42 Å². The van der Waals surface area contributed by atoms with Gasteiger partial charge < -0.3 is 15.5 Å². The highest BCUT2D eigenvalue weighted by atomic mass is 79.9. The van der Waals surface area contributed by atoms with Crippen LogP contribution in [0.2, 0.25) is 0 Å². The van der Waals surface area contributed by atoms with Crippen LogP contribution in [0.4, 0.5) is 0 Å². The number of aryl methyl sites for hydroxylation is 1. The van der Waals surface area contributed by atoms with Crippen molar-refractivity contribution >= 4 is 26.8 Å². The molecule has 0 spiro atoms. The lowest BCUT2D eigenvalue weighted by atomic mass is 10.00. The van der Waals surface area contributed by atoms with Crippen molar-refractivity contribution in [1.82, 2.24) is 4.98 Å². The van der Waals surface area contributed by atoms with Crippen LogP contribution in [0.1, 0.15) is 18.4 Å². The molecule has 0 saturated carbocycles. The Balaban J connectivity index is 1.77. The van der Waals surface area contributed by atoms with E-state index in [0.717, 1.165) is 47.3 Å². The van der Waals surface area contributed by atoms with Gasteiger partial charge in [-0.05, 0) is 79.4 Å². The fourth-order valence-electron chi connectivity index (χ4n) is 3.51. The fourth-order valence-corrected chi connectivity index (χ4v) is 3.91. The van der Waals surface area contributed by atoms with Crippen molar-refractivity contribution in [2.45, 2.75) is 19.3 Å². The van der Waals surface area contributed by atoms with Crippen molar-refractivity contribution in [1.29, 1.82) is 0 Å². The van der Waals surface area contributed by atoms with Crippen molar-refractivity contribution in [2.75, 3.05) is 6.54 Å². The third-order valence-corrected chi connectivity index (χ3v) is 5.34. The summed E-state index contributed by atoms with van der Waals surface area (Å²) in [6.45, 7) is 0.719. The van der Waals surface area contributed by atoms with Crippen LogP contribution < -0.4 is 10.5 Å². The maximum Gasteiger partial charge on any atom is 0.128 e. The quantitative estimate of drug-likeness (QED) is 0.319. The summed E-state index contributed by atoms with van der Waals surface area (Å²) < 4.78 is 7.13. The van der Waals surface area contributed by atoms with E-state index in [1.54, 1.807) is 0 Å². The van der Waals surface area contributed by atoms with Gasteiger partial charge in [-0.3, -0.25) is 0 Å². The minimum atomic E-state index is 0.719. The van der Waals surface area contributed by atoms with E-state index in [1.165, 1.54) is 22.2 Å². The number of hydrogen-bond acceptors (Lipinski definition) is 2. The molecule has 1 heterocycles. The normalized spacial score (nSPS) is 11.1. The summed E-state index contributed by atoms with van der Waals surface area (Å²) in [5.41, 5.74) is 10.5. The SMILES string of the molecule is NCCCCc1c(-c2cccc(Br)c2)[nH]c2ccc(Oc3ccccc3)cc12. The van der Waals surface area contributed by atoms with Crippen LogP contribution in [0.25, 0.3) is 22.2 Å². The van der Waals surface area contributed by atoms with Gasteiger partial charge in [0.05, 0.1) is 0 Å². The molecule has 28 heavy (non-hydrogen) atoms. The Kier molecular flexibility index (Phi) is 5.79. The van der Waals surface area contributed by atoms with Crippen LogP contribution in [0.15, 0.2) is 77.3 Å². The molecule has 0 aliphatic rings. The molecule has 3 aromatic carbocycles. The number of fused-ring (bicyclic) bond motifs is 1. The second kappa shape index (κ2) is 8.63. The molecular formula is C24H23BrN2O. The minimum absolute atomic E-state index is 0.719. The molecule has 3 N–H and O–H groups in total. The van der Waals surface area contributed by atoms with Crippen LogP contribution in [0.5, 0.6) is 11.5 Å². The topological polar surface area (TPSA) is 51.0 Å². The highest BCUT2D eigenvalue weighted by Crippen LogP contribution is 2.35. The average Bonchev–Trinajstić information content (AvgIpc) is 3.07. The average molecular weight is 435 g/mol. The highest BCUT2D eigenvalue weighted by Gasteiger charge is 2.14. The number of H-pyrrole nitrogens is 1. The minimum Gasteiger partial charge on any atom is -0.457 e. The molecule has 0 aliphatic carbocycles. The Labute approximate surface area is 173 Å².